The Balaban J connectivity index is 2.83. The zero-order chi connectivity index (χ0) is 6.85. The van der Waals surface area contributed by atoms with Crippen LogP contribution >= 0.6 is 11.6 Å². The van der Waals surface area contributed by atoms with Crippen molar-refractivity contribution in [1.82, 2.24) is 0 Å². The molecular formula is C7H8ClF. The topological polar surface area (TPSA) is 0 Å². The van der Waals surface area contributed by atoms with Gasteiger partial charge in [0.05, 0.1) is 5.03 Å². The maximum atomic E-state index is 12.5. The van der Waals surface area contributed by atoms with E-state index in [0.717, 1.165) is 12.0 Å². The molecule has 0 saturated heterocycles. The minimum absolute atomic E-state index is 0.264. The first-order chi connectivity index (χ1) is 4.20. The first-order valence-corrected chi connectivity index (χ1v) is 3.29. The lowest BCUT2D eigenvalue weighted by Gasteiger charge is -2.06. The third-order valence-electron chi connectivity index (χ3n) is 1.37. The van der Waals surface area contributed by atoms with Gasteiger partial charge in [-0.3, -0.25) is 0 Å². The molecule has 0 nitrogen and oxygen atoms in total. The van der Waals surface area contributed by atoms with Crippen molar-refractivity contribution < 1.29 is 4.39 Å². The Morgan fingerprint density at radius 3 is 2.67 bits per heavy atom. The van der Waals surface area contributed by atoms with Crippen molar-refractivity contribution in [3.63, 3.8) is 0 Å². The number of halogens is 2. The van der Waals surface area contributed by atoms with Crippen LogP contribution in [0, 0.1) is 0 Å². The van der Waals surface area contributed by atoms with Crippen LogP contribution in [0.2, 0.25) is 0 Å². The van der Waals surface area contributed by atoms with E-state index in [2.05, 4.69) is 0 Å². The highest BCUT2D eigenvalue weighted by molar-refractivity contribution is 6.30. The molecule has 1 aliphatic carbocycles. The maximum absolute atomic E-state index is 12.5. The summed E-state index contributed by atoms with van der Waals surface area (Å²) < 4.78 is 12.5. The second-order valence-corrected chi connectivity index (χ2v) is 2.70. The molecule has 0 fully saturated rings. The lowest BCUT2D eigenvalue weighted by molar-refractivity contribution is 0.642. The summed E-state index contributed by atoms with van der Waals surface area (Å²) >= 11 is 5.49. The van der Waals surface area contributed by atoms with Crippen LogP contribution < -0.4 is 0 Å². The largest absolute Gasteiger partial charge is 0.206 e. The van der Waals surface area contributed by atoms with Crippen molar-refractivity contribution in [3.8, 4) is 0 Å². The molecular weight excluding hydrogens is 139 g/mol. The van der Waals surface area contributed by atoms with Gasteiger partial charge in [-0.25, -0.2) is 4.39 Å². The molecule has 1 rings (SSSR count). The summed E-state index contributed by atoms with van der Waals surface area (Å²) in [6.45, 7) is 1.91. The fourth-order valence-corrected chi connectivity index (χ4v) is 0.942. The third kappa shape index (κ3) is 1.55. The normalized spacial score (nSPS) is 20.1. The molecule has 0 heterocycles. The van der Waals surface area contributed by atoms with Crippen molar-refractivity contribution in [2.45, 2.75) is 19.8 Å². The molecule has 50 valence electrons. The Bertz CT molecular complexity index is 179. The third-order valence-corrected chi connectivity index (χ3v) is 1.74. The van der Waals surface area contributed by atoms with E-state index in [1.807, 2.05) is 6.92 Å². The molecule has 0 atom stereocenters. The van der Waals surface area contributed by atoms with Crippen molar-refractivity contribution in [2.75, 3.05) is 0 Å². The average molecular weight is 147 g/mol. The lowest BCUT2D eigenvalue weighted by Crippen LogP contribution is -1.88. The van der Waals surface area contributed by atoms with E-state index in [0.29, 0.717) is 11.5 Å². The number of allylic oxidation sites excluding steroid dienone is 4. The van der Waals surface area contributed by atoms with E-state index in [1.165, 1.54) is 6.08 Å². The van der Waals surface area contributed by atoms with Crippen LogP contribution in [0.25, 0.3) is 0 Å². The van der Waals surface area contributed by atoms with Gasteiger partial charge in [-0.1, -0.05) is 17.2 Å². The Labute approximate surface area is 59.0 Å². The van der Waals surface area contributed by atoms with Crippen LogP contribution in [-0.2, 0) is 0 Å². The fourth-order valence-electron chi connectivity index (χ4n) is 0.793. The minimum Gasteiger partial charge on any atom is -0.206 e. The van der Waals surface area contributed by atoms with E-state index >= 15 is 0 Å². The highest BCUT2D eigenvalue weighted by Gasteiger charge is 2.07. The first kappa shape index (κ1) is 6.81. The monoisotopic (exact) mass is 146 g/mol. The summed E-state index contributed by atoms with van der Waals surface area (Å²) in [5.41, 5.74) is 1.07. The molecule has 0 aromatic carbocycles. The molecule has 0 bridgehead atoms. The number of hydrogen-bond acceptors (Lipinski definition) is 0. The maximum Gasteiger partial charge on any atom is 0.137 e. The van der Waals surface area contributed by atoms with Crippen LogP contribution in [0.4, 0.5) is 4.39 Å². The summed E-state index contributed by atoms with van der Waals surface area (Å²) in [5, 5.41) is 0.362. The van der Waals surface area contributed by atoms with Crippen LogP contribution in [0.1, 0.15) is 19.8 Å². The predicted octanol–water partition coefficient (Wildman–Crippen LogP) is 3.15. The van der Waals surface area contributed by atoms with Gasteiger partial charge in [-0.15, -0.1) is 0 Å². The second kappa shape index (κ2) is 2.53. The molecule has 0 aliphatic heterocycles. The van der Waals surface area contributed by atoms with E-state index in [-0.39, 0.29) is 5.83 Å². The highest BCUT2D eigenvalue weighted by atomic mass is 35.5. The van der Waals surface area contributed by atoms with Crippen molar-refractivity contribution >= 4 is 11.6 Å². The Morgan fingerprint density at radius 2 is 2.22 bits per heavy atom. The number of hydrogen-bond donors (Lipinski definition) is 0. The zero-order valence-corrected chi connectivity index (χ0v) is 6.00. The molecule has 1 aliphatic rings. The quantitative estimate of drug-likeness (QED) is 0.493. The molecule has 0 saturated carbocycles. The van der Waals surface area contributed by atoms with Crippen LogP contribution in [0.15, 0.2) is 22.5 Å². The molecule has 0 radical (unpaired) electrons. The Kier molecular flexibility index (Phi) is 1.91. The van der Waals surface area contributed by atoms with Crippen molar-refractivity contribution in [2.24, 2.45) is 0 Å². The molecule has 0 amide bonds. The van der Waals surface area contributed by atoms with Crippen molar-refractivity contribution in [3.05, 3.63) is 22.5 Å². The molecule has 0 spiro atoms. The van der Waals surface area contributed by atoms with Gasteiger partial charge >= 0.3 is 0 Å². The minimum atomic E-state index is -0.264. The SMILES string of the molecule is CC1=CC(F)=C(Cl)CC1. The fraction of sp³-hybridized carbons (Fsp3) is 0.429. The molecule has 0 aromatic rings. The van der Waals surface area contributed by atoms with Crippen LogP contribution in [0.3, 0.4) is 0 Å². The van der Waals surface area contributed by atoms with Gasteiger partial charge in [0.15, 0.2) is 0 Å². The van der Waals surface area contributed by atoms with Crippen molar-refractivity contribution in [1.29, 1.82) is 0 Å². The van der Waals surface area contributed by atoms with E-state index in [1.54, 1.807) is 0 Å². The Hall–Kier alpha value is -0.300. The standard InChI is InChI=1S/C7H8ClF/c1-5-2-3-6(8)7(9)4-5/h4H,2-3H2,1H3. The van der Waals surface area contributed by atoms with Gasteiger partial charge in [0.1, 0.15) is 5.83 Å². The Morgan fingerprint density at radius 1 is 1.56 bits per heavy atom. The average Bonchev–Trinajstić information content (AvgIpc) is 1.80. The van der Waals surface area contributed by atoms with Crippen LogP contribution in [0.5, 0.6) is 0 Å². The summed E-state index contributed by atoms with van der Waals surface area (Å²) in [7, 11) is 0. The molecule has 2 heteroatoms. The van der Waals surface area contributed by atoms with Gasteiger partial charge < -0.3 is 0 Å². The summed E-state index contributed by atoms with van der Waals surface area (Å²) in [6.07, 6.45) is 3.05. The second-order valence-electron chi connectivity index (χ2n) is 2.24. The molecule has 0 N–H and O–H groups in total. The van der Waals surface area contributed by atoms with E-state index < -0.39 is 0 Å². The van der Waals surface area contributed by atoms with E-state index in [4.69, 9.17) is 11.6 Å². The van der Waals surface area contributed by atoms with Crippen LogP contribution in [-0.4, -0.2) is 0 Å². The molecule has 9 heavy (non-hydrogen) atoms. The summed E-state index contributed by atoms with van der Waals surface area (Å²) in [6, 6.07) is 0. The highest BCUT2D eigenvalue weighted by Crippen LogP contribution is 2.26. The predicted molar refractivity (Wildman–Crippen MR) is 37.0 cm³/mol. The van der Waals surface area contributed by atoms with Gasteiger partial charge in [-0.2, -0.15) is 0 Å². The van der Waals surface area contributed by atoms with E-state index in [9.17, 15) is 4.39 Å². The smallest absolute Gasteiger partial charge is 0.137 e. The summed E-state index contributed by atoms with van der Waals surface area (Å²) in [5.74, 6) is -0.264. The lowest BCUT2D eigenvalue weighted by atomic mass is 10.1. The van der Waals surface area contributed by atoms with Gasteiger partial charge in [0.25, 0.3) is 0 Å². The summed E-state index contributed by atoms with van der Waals surface area (Å²) in [4.78, 5) is 0. The zero-order valence-electron chi connectivity index (χ0n) is 5.25. The molecule has 0 unspecified atom stereocenters. The van der Waals surface area contributed by atoms with Gasteiger partial charge in [0.2, 0.25) is 0 Å². The van der Waals surface area contributed by atoms with Gasteiger partial charge in [-0.05, 0) is 25.8 Å². The first-order valence-electron chi connectivity index (χ1n) is 2.91. The molecule has 0 aromatic heterocycles. The number of rotatable bonds is 0. The van der Waals surface area contributed by atoms with Gasteiger partial charge in [0, 0.05) is 0 Å².